The van der Waals surface area contributed by atoms with Gasteiger partial charge in [0.15, 0.2) is 0 Å². The Morgan fingerprint density at radius 2 is 1.92 bits per heavy atom. The minimum Gasteiger partial charge on any atom is -0.496 e. The van der Waals surface area contributed by atoms with Gasteiger partial charge >= 0.3 is 0 Å². The number of nitrogens with one attached hydrogen (secondary N) is 3. The van der Waals surface area contributed by atoms with E-state index in [1.54, 1.807) is 7.11 Å². The number of rotatable bonds is 9. The lowest BCUT2D eigenvalue weighted by Crippen LogP contribution is -2.30. The van der Waals surface area contributed by atoms with Crippen LogP contribution in [0.25, 0.3) is 0 Å². The van der Waals surface area contributed by atoms with Crippen molar-refractivity contribution < 1.29 is 9.53 Å². The number of benzene rings is 1. The van der Waals surface area contributed by atoms with Crippen LogP contribution in [-0.4, -0.2) is 42.6 Å². The minimum atomic E-state index is -0.0106. The van der Waals surface area contributed by atoms with Crippen LogP contribution in [0.1, 0.15) is 23.7 Å². The fourth-order valence-corrected chi connectivity index (χ4v) is 2.59. The number of anilines is 2. The average molecular weight is 357 g/mol. The summed E-state index contributed by atoms with van der Waals surface area (Å²) in [6, 6.07) is 7.65. The summed E-state index contributed by atoms with van der Waals surface area (Å²) in [6.45, 7) is 7.77. The molecule has 0 saturated heterocycles. The summed E-state index contributed by atoms with van der Waals surface area (Å²) in [5.41, 5.74) is 2.88. The molecule has 2 aromatic rings. The van der Waals surface area contributed by atoms with Gasteiger partial charge in [-0.3, -0.25) is 4.79 Å². The summed E-state index contributed by atoms with van der Waals surface area (Å²) in [5.74, 6) is 2.17. The van der Waals surface area contributed by atoms with E-state index < -0.39 is 0 Å². The third-order valence-corrected chi connectivity index (χ3v) is 3.77. The van der Waals surface area contributed by atoms with Crippen LogP contribution in [0.3, 0.4) is 0 Å². The molecular weight excluding hydrogens is 330 g/mol. The molecule has 3 N–H and O–H groups in total. The van der Waals surface area contributed by atoms with Crippen LogP contribution < -0.4 is 20.7 Å². The molecule has 0 saturated carbocycles. The number of carbonyl (C=O) groups excluding carboxylic acids is 1. The Bertz CT molecular complexity index is 749. The van der Waals surface area contributed by atoms with Crippen molar-refractivity contribution in [2.75, 3.05) is 37.4 Å². The van der Waals surface area contributed by atoms with Gasteiger partial charge < -0.3 is 20.7 Å². The topological polar surface area (TPSA) is 88.2 Å². The molecule has 0 aliphatic carbocycles. The molecule has 1 aromatic carbocycles. The van der Waals surface area contributed by atoms with Gasteiger partial charge in [0, 0.05) is 31.4 Å². The third kappa shape index (κ3) is 5.91. The second kappa shape index (κ2) is 9.60. The maximum Gasteiger partial charge on any atom is 0.224 e. The Hall–Kier alpha value is -2.83. The first-order valence-electron chi connectivity index (χ1n) is 8.75. The molecule has 1 amide bonds. The van der Waals surface area contributed by atoms with E-state index in [1.165, 1.54) is 0 Å². The number of aryl methyl sites for hydroxylation is 2. The van der Waals surface area contributed by atoms with Crippen molar-refractivity contribution in [1.82, 2.24) is 15.3 Å². The van der Waals surface area contributed by atoms with Crippen LogP contribution in [0, 0.1) is 13.8 Å². The number of methoxy groups -OCH3 is 1. The molecule has 0 atom stereocenters. The molecular formula is C19H27N5O2. The Labute approximate surface area is 154 Å². The summed E-state index contributed by atoms with van der Waals surface area (Å²) in [7, 11) is 1.64. The van der Waals surface area contributed by atoms with E-state index in [9.17, 15) is 4.79 Å². The van der Waals surface area contributed by atoms with E-state index >= 15 is 0 Å². The van der Waals surface area contributed by atoms with Crippen molar-refractivity contribution in [3.05, 3.63) is 41.1 Å². The molecule has 0 radical (unpaired) electrons. The van der Waals surface area contributed by atoms with Gasteiger partial charge in [0.25, 0.3) is 0 Å². The van der Waals surface area contributed by atoms with Gasteiger partial charge in [0.05, 0.1) is 13.5 Å². The largest absolute Gasteiger partial charge is 0.496 e. The summed E-state index contributed by atoms with van der Waals surface area (Å²) >= 11 is 0. The summed E-state index contributed by atoms with van der Waals surface area (Å²) in [4.78, 5) is 20.8. The lowest BCUT2D eigenvalue weighted by atomic mass is 10.1. The van der Waals surface area contributed by atoms with Crippen molar-refractivity contribution in [2.24, 2.45) is 0 Å². The Balaban J connectivity index is 1.77. The number of aromatic nitrogens is 2. The molecule has 26 heavy (non-hydrogen) atoms. The number of amides is 1. The van der Waals surface area contributed by atoms with Crippen LogP contribution >= 0.6 is 0 Å². The van der Waals surface area contributed by atoms with E-state index in [2.05, 4.69) is 25.9 Å². The molecule has 140 valence electrons. The molecule has 0 bridgehead atoms. The number of carbonyl (C=O) groups is 1. The molecule has 7 heteroatoms. The van der Waals surface area contributed by atoms with E-state index in [4.69, 9.17) is 4.74 Å². The molecule has 1 aromatic heterocycles. The van der Waals surface area contributed by atoms with E-state index in [1.807, 2.05) is 45.0 Å². The smallest absolute Gasteiger partial charge is 0.224 e. The van der Waals surface area contributed by atoms with Crippen LogP contribution in [0.15, 0.2) is 24.3 Å². The Kier molecular flexibility index (Phi) is 7.20. The van der Waals surface area contributed by atoms with Crippen molar-refractivity contribution in [1.29, 1.82) is 0 Å². The zero-order valence-corrected chi connectivity index (χ0v) is 15.8. The van der Waals surface area contributed by atoms with Crippen LogP contribution in [0.2, 0.25) is 0 Å². The predicted octanol–water partition coefficient (Wildman–Crippen LogP) is 2.30. The fourth-order valence-electron chi connectivity index (χ4n) is 2.59. The van der Waals surface area contributed by atoms with E-state index in [0.717, 1.165) is 34.9 Å². The van der Waals surface area contributed by atoms with Gasteiger partial charge in [-0.2, -0.15) is 4.98 Å². The van der Waals surface area contributed by atoms with Crippen molar-refractivity contribution in [3.63, 3.8) is 0 Å². The van der Waals surface area contributed by atoms with Crippen molar-refractivity contribution in [2.45, 2.75) is 27.2 Å². The highest BCUT2D eigenvalue weighted by atomic mass is 16.5. The zero-order chi connectivity index (χ0) is 18.9. The monoisotopic (exact) mass is 357 g/mol. The fraction of sp³-hybridized carbons (Fsp3) is 0.421. The highest BCUT2D eigenvalue weighted by molar-refractivity contribution is 5.78. The molecule has 0 fully saturated rings. The normalized spacial score (nSPS) is 10.3. The van der Waals surface area contributed by atoms with Crippen molar-refractivity contribution >= 4 is 17.7 Å². The number of ether oxygens (including phenoxy) is 1. The van der Waals surface area contributed by atoms with Gasteiger partial charge in [0.2, 0.25) is 11.9 Å². The van der Waals surface area contributed by atoms with Crippen LogP contribution in [0.4, 0.5) is 11.8 Å². The summed E-state index contributed by atoms with van der Waals surface area (Å²) in [5, 5.41) is 9.21. The Morgan fingerprint density at radius 1 is 1.12 bits per heavy atom. The van der Waals surface area contributed by atoms with E-state index in [0.29, 0.717) is 25.5 Å². The standard InChI is InChI=1S/C19H27N5O2/c1-5-20-19-23-14(3)11-17(24-19)21-8-9-22-18(25)12-15-6-7-16(26-4)13(2)10-15/h6-7,10-11H,5,8-9,12H2,1-4H3,(H,22,25)(H2,20,21,23,24). The number of nitrogens with zero attached hydrogens (tertiary/aromatic N) is 2. The molecule has 0 aliphatic rings. The average Bonchev–Trinajstić information content (AvgIpc) is 2.59. The Morgan fingerprint density at radius 3 is 2.62 bits per heavy atom. The highest BCUT2D eigenvalue weighted by Gasteiger charge is 2.06. The lowest BCUT2D eigenvalue weighted by molar-refractivity contribution is -0.120. The molecule has 0 unspecified atom stereocenters. The quantitative estimate of drug-likeness (QED) is 0.597. The first-order chi connectivity index (χ1) is 12.5. The van der Waals surface area contributed by atoms with E-state index in [-0.39, 0.29) is 5.91 Å². The van der Waals surface area contributed by atoms with Gasteiger partial charge in [-0.1, -0.05) is 12.1 Å². The second-order valence-corrected chi connectivity index (χ2v) is 6.01. The van der Waals surface area contributed by atoms with Crippen LogP contribution in [-0.2, 0) is 11.2 Å². The lowest BCUT2D eigenvalue weighted by Gasteiger charge is -2.10. The highest BCUT2D eigenvalue weighted by Crippen LogP contribution is 2.18. The predicted molar refractivity (Wildman–Crippen MR) is 104 cm³/mol. The van der Waals surface area contributed by atoms with Gasteiger partial charge in [-0.05, 0) is 38.0 Å². The van der Waals surface area contributed by atoms with Gasteiger partial charge in [0.1, 0.15) is 11.6 Å². The number of hydrogen-bond donors (Lipinski definition) is 3. The SMILES string of the molecule is CCNc1nc(C)cc(NCCNC(=O)Cc2ccc(OC)c(C)c2)n1. The van der Waals surface area contributed by atoms with Gasteiger partial charge in [-0.15, -0.1) is 0 Å². The van der Waals surface area contributed by atoms with Crippen LogP contribution in [0.5, 0.6) is 5.75 Å². The first-order valence-corrected chi connectivity index (χ1v) is 8.75. The summed E-state index contributed by atoms with van der Waals surface area (Å²) in [6.07, 6.45) is 0.349. The maximum absolute atomic E-state index is 12.1. The molecule has 0 aliphatic heterocycles. The summed E-state index contributed by atoms with van der Waals surface area (Å²) < 4.78 is 5.23. The third-order valence-electron chi connectivity index (χ3n) is 3.77. The molecule has 7 nitrogen and oxygen atoms in total. The zero-order valence-electron chi connectivity index (χ0n) is 15.8. The first kappa shape index (κ1) is 19.5. The van der Waals surface area contributed by atoms with Crippen molar-refractivity contribution in [3.8, 4) is 5.75 Å². The minimum absolute atomic E-state index is 0.0106. The molecule has 1 heterocycles. The van der Waals surface area contributed by atoms with Gasteiger partial charge in [-0.25, -0.2) is 4.98 Å². The molecule has 2 rings (SSSR count). The number of hydrogen-bond acceptors (Lipinski definition) is 6. The maximum atomic E-state index is 12.1. The molecule has 0 spiro atoms. The second-order valence-electron chi connectivity index (χ2n) is 6.01.